The fraction of sp³-hybridized carbons (Fsp3) is 0.267. The van der Waals surface area contributed by atoms with E-state index >= 15 is 0 Å². The minimum Gasteiger partial charge on any atom is -0.489 e. The molecule has 3 aromatic carbocycles. The monoisotopic (exact) mass is 467 g/mol. The van der Waals surface area contributed by atoms with Crippen molar-refractivity contribution in [1.82, 2.24) is 0 Å². The second-order valence-electron chi connectivity index (χ2n) is 10.0. The van der Waals surface area contributed by atoms with Crippen molar-refractivity contribution in [2.45, 2.75) is 45.3 Å². The Morgan fingerprint density at radius 2 is 1.60 bits per heavy atom. The zero-order valence-corrected chi connectivity index (χ0v) is 20.2. The number of ketones is 1. The van der Waals surface area contributed by atoms with Crippen LogP contribution in [0.5, 0.6) is 0 Å². The zero-order chi connectivity index (χ0) is 24.8. The number of ether oxygens (including phenoxy) is 1. The molecule has 0 saturated heterocycles. The van der Waals surface area contributed by atoms with Gasteiger partial charge in [0, 0.05) is 28.7 Å². The van der Waals surface area contributed by atoms with Crippen LogP contribution in [-0.4, -0.2) is 22.9 Å². The highest BCUT2D eigenvalue weighted by atomic mass is 16.5. The third kappa shape index (κ3) is 3.96. The molecule has 0 bridgehead atoms. The number of carbonyl (C=O) groups is 2. The quantitative estimate of drug-likeness (QED) is 0.552. The van der Waals surface area contributed by atoms with Gasteiger partial charge in [0.15, 0.2) is 11.4 Å². The predicted molar refractivity (Wildman–Crippen MR) is 136 cm³/mol. The lowest BCUT2D eigenvalue weighted by molar-refractivity contribution is -0.135. The van der Waals surface area contributed by atoms with Crippen molar-refractivity contribution >= 4 is 23.1 Å². The van der Waals surface area contributed by atoms with Crippen LogP contribution in [0.15, 0.2) is 84.4 Å². The molecule has 0 saturated carbocycles. The molecule has 2 atom stereocenters. The van der Waals surface area contributed by atoms with E-state index in [1.165, 1.54) is 0 Å². The lowest BCUT2D eigenvalue weighted by Gasteiger charge is -2.35. The van der Waals surface area contributed by atoms with Gasteiger partial charge in [0.25, 0.3) is 0 Å². The molecule has 5 rings (SSSR count). The van der Waals surface area contributed by atoms with Crippen molar-refractivity contribution in [3.8, 4) is 0 Å². The van der Waals surface area contributed by atoms with Gasteiger partial charge in [0.2, 0.25) is 5.91 Å². The molecule has 1 aliphatic heterocycles. The van der Waals surface area contributed by atoms with Gasteiger partial charge in [-0.2, -0.15) is 0 Å². The summed E-state index contributed by atoms with van der Waals surface area (Å²) in [5, 5.41) is 14.8. The molecule has 178 valence electrons. The van der Waals surface area contributed by atoms with Crippen molar-refractivity contribution in [3.05, 3.63) is 107 Å². The summed E-state index contributed by atoms with van der Waals surface area (Å²) < 4.78 is 6.12. The number of benzene rings is 3. The largest absolute Gasteiger partial charge is 0.489 e. The minimum atomic E-state index is -1.70. The van der Waals surface area contributed by atoms with Crippen molar-refractivity contribution in [2.75, 3.05) is 5.32 Å². The predicted octanol–water partition coefficient (Wildman–Crippen LogP) is 5.04. The molecule has 1 amide bonds. The smallest absolute Gasteiger partial charge is 0.228 e. The Hall–Kier alpha value is -3.70. The molecular formula is C30H29NO4. The summed E-state index contributed by atoms with van der Waals surface area (Å²) in [6.07, 6.45) is 0.245. The van der Waals surface area contributed by atoms with E-state index in [2.05, 4.69) is 5.32 Å². The highest BCUT2D eigenvalue weighted by molar-refractivity contribution is 6.12. The molecule has 2 aliphatic rings. The first-order valence-corrected chi connectivity index (χ1v) is 11.9. The molecule has 5 nitrogen and oxygen atoms in total. The van der Waals surface area contributed by atoms with Crippen molar-refractivity contribution < 1.29 is 19.4 Å². The summed E-state index contributed by atoms with van der Waals surface area (Å²) in [4.78, 5) is 26.2. The van der Waals surface area contributed by atoms with Crippen LogP contribution in [-0.2, 0) is 32.8 Å². The second kappa shape index (κ2) is 8.51. The van der Waals surface area contributed by atoms with Gasteiger partial charge in [0.05, 0.1) is 12.0 Å². The SMILES string of the molecule is CC1OC2=C(C(=O)C(O)(Cc3ccc(NC(=O)Cc4ccccc4)cc3)c3ccccc32)C1(C)C. The molecule has 1 heterocycles. The normalized spacial score (nSPS) is 22.3. The van der Waals surface area contributed by atoms with E-state index in [1.807, 2.05) is 81.4 Å². The van der Waals surface area contributed by atoms with Crippen LogP contribution in [0, 0.1) is 5.41 Å². The number of carbonyl (C=O) groups excluding carboxylic acids is 2. The Balaban J connectivity index is 1.39. The lowest BCUT2D eigenvalue weighted by atomic mass is 9.67. The summed E-state index contributed by atoms with van der Waals surface area (Å²) in [6, 6.07) is 24.3. The maximum Gasteiger partial charge on any atom is 0.228 e. The van der Waals surface area contributed by atoms with Crippen molar-refractivity contribution in [2.24, 2.45) is 5.41 Å². The Morgan fingerprint density at radius 3 is 2.31 bits per heavy atom. The van der Waals surface area contributed by atoms with Gasteiger partial charge in [0.1, 0.15) is 11.9 Å². The van der Waals surface area contributed by atoms with Gasteiger partial charge < -0.3 is 15.2 Å². The van der Waals surface area contributed by atoms with Crippen molar-refractivity contribution in [3.63, 3.8) is 0 Å². The molecule has 0 aromatic heterocycles. The Labute approximate surface area is 205 Å². The average molecular weight is 468 g/mol. The van der Waals surface area contributed by atoms with Gasteiger partial charge in [-0.15, -0.1) is 0 Å². The molecule has 0 fully saturated rings. The molecule has 0 radical (unpaired) electrons. The summed E-state index contributed by atoms with van der Waals surface area (Å²) >= 11 is 0. The van der Waals surface area contributed by atoms with Crippen LogP contribution in [0.3, 0.4) is 0 Å². The number of fused-ring (bicyclic) bond motifs is 2. The first-order chi connectivity index (χ1) is 16.7. The van der Waals surface area contributed by atoms with Gasteiger partial charge in [-0.3, -0.25) is 9.59 Å². The minimum absolute atomic E-state index is 0.101. The molecule has 0 spiro atoms. The van der Waals surface area contributed by atoms with E-state index in [-0.39, 0.29) is 24.2 Å². The number of anilines is 1. The number of aliphatic hydroxyl groups is 1. The first-order valence-electron chi connectivity index (χ1n) is 11.9. The fourth-order valence-electron chi connectivity index (χ4n) is 5.01. The van der Waals surface area contributed by atoms with Crippen LogP contribution in [0.1, 0.15) is 43.0 Å². The summed E-state index contributed by atoms with van der Waals surface area (Å²) in [5.74, 6) is 0.182. The number of amides is 1. The second-order valence-corrected chi connectivity index (χ2v) is 10.0. The molecule has 35 heavy (non-hydrogen) atoms. The summed E-state index contributed by atoms with van der Waals surface area (Å²) in [7, 11) is 0. The van der Waals surface area contributed by atoms with E-state index in [1.54, 1.807) is 18.2 Å². The van der Waals surface area contributed by atoms with Crippen LogP contribution in [0.4, 0.5) is 5.69 Å². The molecular weight excluding hydrogens is 438 g/mol. The maximum absolute atomic E-state index is 13.8. The van der Waals surface area contributed by atoms with Gasteiger partial charge in [-0.25, -0.2) is 0 Å². The van der Waals surface area contributed by atoms with E-state index in [0.717, 1.165) is 16.7 Å². The molecule has 1 aliphatic carbocycles. The van der Waals surface area contributed by atoms with Crippen LogP contribution < -0.4 is 5.32 Å². The standard InChI is InChI=1S/C30H29NO4/c1-19-29(2,3)26-27(35-19)23-11-7-8-12-24(23)30(34,28(26)33)18-21-13-15-22(16-14-21)31-25(32)17-20-9-5-4-6-10-20/h4-16,19,34H,17-18H2,1-3H3,(H,31,32). The Morgan fingerprint density at radius 1 is 0.943 bits per heavy atom. The van der Waals surface area contributed by atoms with Crippen LogP contribution in [0.25, 0.3) is 5.76 Å². The summed E-state index contributed by atoms with van der Waals surface area (Å²) in [5.41, 5.74) is 2.09. The van der Waals surface area contributed by atoms with E-state index in [9.17, 15) is 14.7 Å². The number of nitrogens with one attached hydrogen (secondary N) is 1. The first kappa shape index (κ1) is 23.1. The van der Waals surface area contributed by atoms with Gasteiger partial charge >= 0.3 is 0 Å². The zero-order valence-electron chi connectivity index (χ0n) is 20.2. The lowest BCUT2D eigenvalue weighted by Crippen LogP contribution is -2.45. The van der Waals surface area contributed by atoms with Gasteiger partial charge in [-0.1, -0.05) is 80.6 Å². The Kier molecular flexibility index (Phi) is 5.60. The molecule has 2 unspecified atom stereocenters. The number of hydrogen-bond acceptors (Lipinski definition) is 4. The third-order valence-corrected chi connectivity index (χ3v) is 7.31. The molecule has 3 aromatic rings. The van der Waals surface area contributed by atoms with E-state index in [0.29, 0.717) is 29.0 Å². The highest BCUT2D eigenvalue weighted by Crippen LogP contribution is 2.53. The van der Waals surface area contributed by atoms with E-state index < -0.39 is 11.0 Å². The summed E-state index contributed by atoms with van der Waals surface area (Å²) in [6.45, 7) is 5.93. The Bertz CT molecular complexity index is 1320. The average Bonchev–Trinajstić information content (AvgIpc) is 3.08. The van der Waals surface area contributed by atoms with Gasteiger partial charge in [-0.05, 0) is 30.2 Å². The number of Topliss-reactive ketones (excluding diaryl/α,β-unsaturated/α-hetero) is 1. The highest BCUT2D eigenvalue weighted by Gasteiger charge is 2.55. The third-order valence-electron chi connectivity index (χ3n) is 7.31. The van der Waals surface area contributed by atoms with Crippen LogP contribution in [0.2, 0.25) is 0 Å². The number of hydrogen-bond donors (Lipinski definition) is 2. The van der Waals surface area contributed by atoms with Crippen LogP contribution >= 0.6 is 0 Å². The van der Waals surface area contributed by atoms with Crippen molar-refractivity contribution in [1.29, 1.82) is 0 Å². The number of rotatable bonds is 5. The van der Waals surface area contributed by atoms with E-state index in [4.69, 9.17) is 4.74 Å². The molecule has 5 heteroatoms. The fourth-order valence-corrected chi connectivity index (χ4v) is 5.01. The topological polar surface area (TPSA) is 75.6 Å². The molecule has 2 N–H and O–H groups in total. The maximum atomic E-state index is 13.8.